The Kier molecular flexibility index (Phi) is 7.92. The molecule has 2 N–H and O–H groups in total. The van der Waals surface area contributed by atoms with Gasteiger partial charge in [0, 0.05) is 31.1 Å². The average molecular weight is 424 g/mol. The molecular formula is C20H29N3O5S. The minimum absolute atomic E-state index is 0.0781. The van der Waals surface area contributed by atoms with Gasteiger partial charge >= 0.3 is 0 Å². The predicted octanol–water partition coefficient (Wildman–Crippen LogP) is 1.32. The zero-order valence-corrected chi connectivity index (χ0v) is 17.9. The smallest absolute Gasteiger partial charge is 0.243 e. The van der Waals surface area contributed by atoms with E-state index in [-0.39, 0.29) is 41.5 Å². The van der Waals surface area contributed by atoms with Crippen molar-refractivity contribution in [1.29, 1.82) is 0 Å². The third kappa shape index (κ3) is 5.86. The van der Waals surface area contributed by atoms with E-state index in [2.05, 4.69) is 10.6 Å². The highest BCUT2D eigenvalue weighted by atomic mass is 32.2. The van der Waals surface area contributed by atoms with E-state index >= 15 is 0 Å². The number of nitrogens with zero attached hydrogens (tertiary/aromatic N) is 1. The first-order chi connectivity index (χ1) is 13.7. The summed E-state index contributed by atoms with van der Waals surface area (Å²) in [4.78, 5) is 35.9. The normalized spacial score (nSPS) is 16.8. The van der Waals surface area contributed by atoms with Gasteiger partial charge in [-0.15, -0.1) is 0 Å². The fourth-order valence-corrected chi connectivity index (χ4v) is 4.70. The van der Waals surface area contributed by atoms with Crippen molar-refractivity contribution in [2.24, 2.45) is 5.92 Å². The summed E-state index contributed by atoms with van der Waals surface area (Å²) in [5, 5.41) is 5.44. The summed E-state index contributed by atoms with van der Waals surface area (Å²) >= 11 is 0. The first kappa shape index (κ1) is 23.0. The Hall–Kier alpha value is -2.26. The number of benzene rings is 1. The largest absolute Gasteiger partial charge is 0.354 e. The Balaban J connectivity index is 1.96. The highest BCUT2D eigenvalue weighted by molar-refractivity contribution is 7.89. The van der Waals surface area contributed by atoms with Crippen LogP contribution in [-0.4, -0.2) is 56.0 Å². The Morgan fingerprint density at radius 2 is 1.86 bits per heavy atom. The number of nitrogens with one attached hydrogen (secondary N) is 2. The summed E-state index contributed by atoms with van der Waals surface area (Å²) in [6, 6.07) is 5.35. The molecule has 0 unspecified atom stereocenters. The summed E-state index contributed by atoms with van der Waals surface area (Å²) in [6.45, 7) is 5.94. The van der Waals surface area contributed by atoms with Gasteiger partial charge < -0.3 is 10.6 Å². The topological polar surface area (TPSA) is 113 Å². The van der Waals surface area contributed by atoms with Crippen molar-refractivity contribution in [3.8, 4) is 0 Å². The van der Waals surface area contributed by atoms with Gasteiger partial charge in [-0.2, -0.15) is 4.31 Å². The number of hydrogen-bond donors (Lipinski definition) is 2. The van der Waals surface area contributed by atoms with Crippen LogP contribution in [0.3, 0.4) is 0 Å². The number of ketones is 1. The van der Waals surface area contributed by atoms with Crippen LogP contribution in [-0.2, 0) is 19.6 Å². The molecule has 1 aromatic rings. The molecular weight excluding hydrogens is 394 g/mol. The van der Waals surface area contributed by atoms with Crippen LogP contribution in [0.4, 0.5) is 0 Å². The van der Waals surface area contributed by atoms with Gasteiger partial charge in [0.2, 0.25) is 21.8 Å². The monoisotopic (exact) mass is 423 g/mol. The van der Waals surface area contributed by atoms with Crippen molar-refractivity contribution in [3.05, 3.63) is 29.8 Å². The molecule has 2 rings (SSSR count). The average Bonchev–Trinajstić information content (AvgIpc) is 2.71. The lowest BCUT2D eigenvalue weighted by Gasteiger charge is -2.31. The molecule has 0 radical (unpaired) electrons. The van der Waals surface area contributed by atoms with Crippen molar-refractivity contribution in [3.63, 3.8) is 0 Å². The minimum atomic E-state index is -3.73. The molecule has 2 amide bonds. The van der Waals surface area contributed by atoms with Gasteiger partial charge in [-0.05, 0) is 45.2 Å². The van der Waals surface area contributed by atoms with Crippen molar-refractivity contribution in [2.45, 2.75) is 51.0 Å². The van der Waals surface area contributed by atoms with E-state index < -0.39 is 16.1 Å². The third-order valence-corrected chi connectivity index (χ3v) is 6.90. The molecule has 1 fully saturated rings. The van der Waals surface area contributed by atoms with Crippen LogP contribution in [0, 0.1) is 5.92 Å². The maximum absolute atomic E-state index is 12.9. The molecule has 1 aliphatic rings. The lowest BCUT2D eigenvalue weighted by Crippen LogP contribution is -2.49. The number of hydrogen-bond acceptors (Lipinski definition) is 5. The van der Waals surface area contributed by atoms with E-state index in [9.17, 15) is 22.8 Å². The molecule has 8 nitrogen and oxygen atoms in total. The van der Waals surface area contributed by atoms with Crippen LogP contribution in [0.25, 0.3) is 0 Å². The van der Waals surface area contributed by atoms with E-state index in [0.717, 1.165) is 6.42 Å². The molecule has 1 aromatic carbocycles. The minimum Gasteiger partial charge on any atom is -0.354 e. The maximum atomic E-state index is 12.9. The van der Waals surface area contributed by atoms with Crippen LogP contribution in [0.5, 0.6) is 0 Å². The molecule has 29 heavy (non-hydrogen) atoms. The third-order valence-electron chi connectivity index (χ3n) is 5.00. The van der Waals surface area contributed by atoms with E-state index in [1.807, 2.05) is 6.92 Å². The lowest BCUT2D eigenvalue weighted by molar-refractivity contribution is -0.131. The molecule has 9 heteroatoms. The van der Waals surface area contributed by atoms with Crippen molar-refractivity contribution in [2.75, 3.05) is 19.6 Å². The standard InChI is InChI=1S/C20H29N3O5S/c1-4-10-21-19(25)14(2)22-20(26)16-8-11-23(12-9-16)29(27,28)18-7-5-6-17(13-18)15(3)24/h5-7,13-14,16H,4,8-12H2,1-3H3,(H,21,25)(H,22,26)/t14-/m0/s1. The summed E-state index contributed by atoms with van der Waals surface area (Å²) < 4.78 is 27.1. The highest BCUT2D eigenvalue weighted by Crippen LogP contribution is 2.24. The molecule has 0 aromatic heterocycles. The number of carbonyl (C=O) groups excluding carboxylic acids is 3. The number of sulfonamides is 1. The summed E-state index contributed by atoms with van der Waals surface area (Å²) in [5.41, 5.74) is 0.343. The van der Waals surface area contributed by atoms with E-state index in [0.29, 0.717) is 24.9 Å². The second-order valence-corrected chi connectivity index (χ2v) is 9.22. The van der Waals surface area contributed by atoms with E-state index in [4.69, 9.17) is 0 Å². The van der Waals surface area contributed by atoms with Crippen LogP contribution in [0.1, 0.15) is 50.4 Å². The fourth-order valence-electron chi connectivity index (χ4n) is 3.18. The molecule has 0 bridgehead atoms. The molecule has 0 spiro atoms. The van der Waals surface area contributed by atoms with E-state index in [1.165, 1.54) is 23.4 Å². The fraction of sp³-hybridized carbons (Fsp3) is 0.550. The first-order valence-electron chi connectivity index (χ1n) is 9.86. The van der Waals surface area contributed by atoms with Crippen molar-refractivity contribution < 1.29 is 22.8 Å². The number of Topliss-reactive ketones (excluding diaryl/α,β-unsaturated/α-hetero) is 1. The van der Waals surface area contributed by atoms with Crippen LogP contribution >= 0.6 is 0 Å². The number of rotatable bonds is 8. The molecule has 160 valence electrons. The zero-order chi connectivity index (χ0) is 21.6. The highest BCUT2D eigenvalue weighted by Gasteiger charge is 2.33. The summed E-state index contributed by atoms with van der Waals surface area (Å²) in [6.07, 6.45) is 1.57. The number of carbonyl (C=O) groups is 3. The van der Waals surface area contributed by atoms with Gasteiger partial charge in [-0.25, -0.2) is 8.42 Å². The molecule has 1 saturated heterocycles. The van der Waals surface area contributed by atoms with Gasteiger partial charge in [0.25, 0.3) is 0 Å². The number of piperidine rings is 1. The maximum Gasteiger partial charge on any atom is 0.243 e. The van der Waals surface area contributed by atoms with Gasteiger partial charge in [0.15, 0.2) is 5.78 Å². The number of amides is 2. The van der Waals surface area contributed by atoms with E-state index in [1.54, 1.807) is 19.1 Å². The van der Waals surface area contributed by atoms with Crippen LogP contribution in [0.2, 0.25) is 0 Å². The summed E-state index contributed by atoms with van der Waals surface area (Å²) in [5.74, 6) is -1.01. The van der Waals surface area contributed by atoms with Crippen LogP contribution in [0.15, 0.2) is 29.2 Å². The Labute approximate surface area is 172 Å². The Morgan fingerprint density at radius 1 is 1.21 bits per heavy atom. The second kappa shape index (κ2) is 9.98. The van der Waals surface area contributed by atoms with Crippen molar-refractivity contribution >= 4 is 27.6 Å². The molecule has 1 heterocycles. The molecule has 1 aliphatic heterocycles. The second-order valence-electron chi connectivity index (χ2n) is 7.28. The lowest BCUT2D eigenvalue weighted by atomic mass is 9.97. The Bertz CT molecular complexity index is 861. The van der Waals surface area contributed by atoms with Crippen LogP contribution < -0.4 is 10.6 Å². The van der Waals surface area contributed by atoms with Crippen molar-refractivity contribution in [1.82, 2.24) is 14.9 Å². The van der Waals surface area contributed by atoms with Gasteiger partial charge in [0.05, 0.1) is 4.90 Å². The first-order valence-corrected chi connectivity index (χ1v) is 11.3. The van der Waals surface area contributed by atoms with Gasteiger partial charge in [-0.1, -0.05) is 19.1 Å². The SMILES string of the molecule is CCCNC(=O)[C@H](C)NC(=O)C1CCN(S(=O)(=O)c2cccc(C(C)=O)c2)CC1. The quantitative estimate of drug-likeness (QED) is 0.613. The molecule has 0 aliphatic carbocycles. The Morgan fingerprint density at radius 3 is 2.45 bits per heavy atom. The van der Waals surface area contributed by atoms with Gasteiger partial charge in [0.1, 0.15) is 6.04 Å². The summed E-state index contributed by atoms with van der Waals surface area (Å²) in [7, 11) is -3.73. The predicted molar refractivity (Wildman–Crippen MR) is 109 cm³/mol. The molecule has 0 saturated carbocycles. The van der Waals surface area contributed by atoms with Gasteiger partial charge in [-0.3, -0.25) is 14.4 Å². The molecule has 1 atom stereocenters. The zero-order valence-electron chi connectivity index (χ0n) is 17.1.